The number of carbonyl (C=O) groups is 1. The summed E-state index contributed by atoms with van der Waals surface area (Å²) in [6.45, 7) is 9.02. The predicted molar refractivity (Wildman–Crippen MR) is 84.1 cm³/mol. The van der Waals surface area contributed by atoms with Gasteiger partial charge in [-0.05, 0) is 25.3 Å². The number of nitrogens with one attached hydrogen (secondary N) is 1. The van der Waals surface area contributed by atoms with E-state index in [1.165, 1.54) is 7.11 Å². The number of carbonyl (C=O) groups excluding carboxylic acids is 1. The van der Waals surface area contributed by atoms with Crippen LogP contribution in [0.5, 0.6) is 0 Å². The van der Waals surface area contributed by atoms with Crippen LogP contribution in [-0.4, -0.2) is 32.3 Å². The number of hydrogen-bond donors (Lipinski definition) is 1. The first-order valence-corrected chi connectivity index (χ1v) is 7.41. The summed E-state index contributed by atoms with van der Waals surface area (Å²) in [5.74, 6) is 0.0846. The van der Waals surface area contributed by atoms with Crippen molar-refractivity contribution in [3.63, 3.8) is 0 Å². The maximum absolute atomic E-state index is 12.5. The molecule has 1 N–H and O–H groups in total. The summed E-state index contributed by atoms with van der Waals surface area (Å²) in [5, 5.41) is 3.33. The molecule has 0 amide bonds. The first-order chi connectivity index (χ1) is 9.92. The zero-order valence-corrected chi connectivity index (χ0v) is 13.7. The second kappa shape index (κ2) is 8.15. The molecule has 0 fully saturated rings. The molecule has 1 unspecified atom stereocenters. The van der Waals surface area contributed by atoms with Crippen LogP contribution in [0.25, 0.3) is 0 Å². The van der Waals surface area contributed by atoms with Gasteiger partial charge >= 0.3 is 5.97 Å². The Hall–Kier alpha value is -1.39. The second-order valence-corrected chi connectivity index (χ2v) is 5.97. The quantitative estimate of drug-likeness (QED) is 0.749. The van der Waals surface area contributed by atoms with Crippen molar-refractivity contribution in [2.75, 3.05) is 20.3 Å². The molecule has 0 saturated heterocycles. The van der Waals surface area contributed by atoms with Crippen molar-refractivity contribution in [1.82, 2.24) is 5.32 Å². The number of ether oxygens (including phenoxy) is 2. The Balaban J connectivity index is 3.12. The summed E-state index contributed by atoms with van der Waals surface area (Å²) in [6, 6.07) is 9.72. The average molecular weight is 293 g/mol. The fourth-order valence-corrected chi connectivity index (χ4v) is 2.28. The molecule has 0 aromatic heterocycles. The highest BCUT2D eigenvalue weighted by atomic mass is 16.5. The van der Waals surface area contributed by atoms with E-state index in [-0.39, 0.29) is 18.6 Å². The van der Waals surface area contributed by atoms with Gasteiger partial charge in [-0.3, -0.25) is 5.32 Å². The van der Waals surface area contributed by atoms with Gasteiger partial charge < -0.3 is 9.47 Å². The molecule has 4 nitrogen and oxygen atoms in total. The van der Waals surface area contributed by atoms with Crippen LogP contribution in [0, 0.1) is 5.92 Å². The third-order valence-corrected chi connectivity index (χ3v) is 3.11. The van der Waals surface area contributed by atoms with Crippen molar-refractivity contribution in [1.29, 1.82) is 0 Å². The van der Waals surface area contributed by atoms with E-state index in [2.05, 4.69) is 19.2 Å². The molecular formula is C17H27NO3. The van der Waals surface area contributed by atoms with Gasteiger partial charge in [0.2, 0.25) is 0 Å². The minimum absolute atomic E-state index is 0.118. The summed E-state index contributed by atoms with van der Waals surface area (Å²) in [4.78, 5) is 12.5. The molecular weight excluding hydrogens is 266 g/mol. The van der Waals surface area contributed by atoms with Gasteiger partial charge in [-0.15, -0.1) is 0 Å². The molecule has 21 heavy (non-hydrogen) atoms. The lowest BCUT2D eigenvalue weighted by Crippen LogP contribution is -2.55. The van der Waals surface area contributed by atoms with E-state index >= 15 is 0 Å². The maximum atomic E-state index is 12.5. The third kappa shape index (κ3) is 4.83. The van der Waals surface area contributed by atoms with Crippen molar-refractivity contribution in [3.8, 4) is 0 Å². The van der Waals surface area contributed by atoms with Crippen molar-refractivity contribution in [3.05, 3.63) is 35.9 Å². The molecule has 0 heterocycles. The van der Waals surface area contributed by atoms with Crippen LogP contribution >= 0.6 is 0 Å². The molecule has 0 bridgehead atoms. The van der Waals surface area contributed by atoms with E-state index in [4.69, 9.17) is 9.47 Å². The normalized spacial score (nSPS) is 14.2. The molecule has 1 aromatic rings. The number of benzene rings is 1. The Morgan fingerprint density at radius 3 is 2.29 bits per heavy atom. The van der Waals surface area contributed by atoms with E-state index in [1.54, 1.807) is 0 Å². The minimum Gasteiger partial charge on any atom is -0.467 e. The number of rotatable bonds is 8. The van der Waals surface area contributed by atoms with E-state index < -0.39 is 5.54 Å². The Bertz CT molecular complexity index is 431. The minimum atomic E-state index is -0.973. The number of hydrogen-bond acceptors (Lipinski definition) is 4. The standard InChI is InChI=1S/C17H27NO3/c1-13(2)11-21-12-17(16(19)20-5,18-14(3)4)15-9-7-6-8-10-15/h6-10,13-14,18H,11-12H2,1-5H3. The van der Waals surface area contributed by atoms with Crippen molar-refractivity contribution < 1.29 is 14.3 Å². The Morgan fingerprint density at radius 2 is 1.81 bits per heavy atom. The highest BCUT2D eigenvalue weighted by Gasteiger charge is 2.42. The highest BCUT2D eigenvalue weighted by molar-refractivity contribution is 5.83. The van der Waals surface area contributed by atoms with Gasteiger partial charge in [0.1, 0.15) is 0 Å². The monoisotopic (exact) mass is 293 g/mol. The largest absolute Gasteiger partial charge is 0.467 e. The molecule has 118 valence electrons. The van der Waals surface area contributed by atoms with Crippen LogP contribution in [0.4, 0.5) is 0 Å². The first kappa shape index (κ1) is 17.7. The fourth-order valence-electron chi connectivity index (χ4n) is 2.28. The zero-order chi connectivity index (χ0) is 15.9. The molecule has 0 aliphatic rings. The van der Waals surface area contributed by atoms with Gasteiger partial charge in [0, 0.05) is 12.6 Å². The van der Waals surface area contributed by atoms with Crippen molar-refractivity contribution in [2.45, 2.75) is 39.3 Å². The molecule has 1 rings (SSSR count). The fraction of sp³-hybridized carbons (Fsp3) is 0.588. The summed E-state index contributed by atoms with van der Waals surface area (Å²) in [7, 11) is 1.41. The van der Waals surface area contributed by atoms with Crippen molar-refractivity contribution in [2.24, 2.45) is 5.92 Å². The van der Waals surface area contributed by atoms with Gasteiger partial charge in [-0.25, -0.2) is 4.79 Å². The van der Waals surface area contributed by atoms with E-state index in [1.807, 2.05) is 44.2 Å². The van der Waals surface area contributed by atoms with E-state index in [0.29, 0.717) is 12.5 Å². The van der Waals surface area contributed by atoms with E-state index in [0.717, 1.165) is 5.56 Å². The van der Waals surface area contributed by atoms with E-state index in [9.17, 15) is 4.79 Å². The Labute approximate surface area is 127 Å². The van der Waals surface area contributed by atoms with Crippen molar-refractivity contribution >= 4 is 5.97 Å². The molecule has 1 atom stereocenters. The van der Waals surface area contributed by atoms with Gasteiger partial charge in [-0.2, -0.15) is 0 Å². The smallest absolute Gasteiger partial charge is 0.333 e. The Morgan fingerprint density at radius 1 is 1.19 bits per heavy atom. The first-order valence-electron chi connectivity index (χ1n) is 7.41. The predicted octanol–water partition coefficient (Wildman–Crippen LogP) is 2.73. The average Bonchev–Trinajstić information content (AvgIpc) is 2.45. The lowest BCUT2D eigenvalue weighted by molar-refractivity contribution is -0.153. The van der Waals surface area contributed by atoms with Crippen LogP contribution in [-0.2, 0) is 19.8 Å². The number of esters is 1. The van der Waals surface area contributed by atoms with Gasteiger partial charge in [0.05, 0.1) is 13.7 Å². The summed E-state index contributed by atoms with van der Waals surface area (Å²) < 4.78 is 10.8. The molecule has 0 saturated carbocycles. The Kier molecular flexibility index (Phi) is 6.85. The third-order valence-electron chi connectivity index (χ3n) is 3.11. The molecule has 4 heteroatoms. The van der Waals surface area contributed by atoms with Crippen LogP contribution in [0.1, 0.15) is 33.3 Å². The van der Waals surface area contributed by atoms with Crippen LogP contribution in [0.3, 0.4) is 0 Å². The maximum Gasteiger partial charge on any atom is 0.333 e. The topological polar surface area (TPSA) is 47.6 Å². The SMILES string of the molecule is COC(=O)C(COCC(C)C)(NC(C)C)c1ccccc1. The summed E-state index contributed by atoms with van der Waals surface area (Å²) in [5.41, 5.74) is -0.117. The van der Waals surface area contributed by atoms with Gasteiger partial charge in [-0.1, -0.05) is 44.2 Å². The van der Waals surface area contributed by atoms with Crippen LogP contribution in [0.15, 0.2) is 30.3 Å². The zero-order valence-electron chi connectivity index (χ0n) is 13.7. The second-order valence-electron chi connectivity index (χ2n) is 5.97. The molecule has 0 spiro atoms. The lowest BCUT2D eigenvalue weighted by atomic mass is 9.89. The van der Waals surface area contributed by atoms with Crippen LogP contribution in [0.2, 0.25) is 0 Å². The molecule has 1 aromatic carbocycles. The molecule has 0 radical (unpaired) electrons. The summed E-state index contributed by atoms with van der Waals surface area (Å²) >= 11 is 0. The summed E-state index contributed by atoms with van der Waals surface area (Å²) in [6.07, 6.45) is 0. The van der Waals surface area contributed by atoms with Crippen LogP contribution < -0.4 is 5.32 Å². The van der Waals surface area contributed by atoms with Gasteiger partial charge in [0.15, 0.2) is 5.54 Å². The molecule has 0 aliphatic carbocycles. The lowest BCUT2D eigenvalue weighted by Gasteiger charge is -2.34. The van der Waals surface area contributed by atoms with Gasteiger partial charge in [0.25, 0.3) is 0 Å². The highest BCUT2D eigenvalue weighted by Crippen LogP contribution is 2.24. The molecule has 0 aliphatic heterocycles. The number of methoxy groups -OCH3 is 1.